The highest BCUT2D eigenvalue weighted by molar-refractivity contribution is 5.89. The first kappa shape index (κ1) is 21.0. The second kappa shape index (κ2) is 8.73. The Bertz CT molecular complexity index is 969. The van der Waals surface area contributed by atoms with Crippen LogP contribution in [-0.2, 0) is 9.47 Å². The van der Waals surface area contributed by atoms with E-state index in [1.54, 1.807) is 37.3 Å². The zero-order chi connectivity index (χ0) is 21.0. The molecule has 29 heavy (non-hydrogen) atoms. The molecule has 3 atom stereocenters. The van der Waals surface area contributed by atoms with E-state index in [0.29, 0.717) is 17.5 Å². The summed E-state index contributed by atoms with van der Waals surface area (Å²) >= 11 is 0. The third kappa shape index (κ3) is 4.64. The standard InChI is InChI=1S/C20H24N2O7/c1-13-11-22(19(26)21-17(13)24)16-10-20(27,15(12-23)29-16)8-5-9-28-18(25)14-6-3-2-4-7-14/h2-4,6-7,11,15-16,23,27H,5,8-10,12H2,1H3,(H,21,24,26)/t15-,16-,20+/m1/s1. The number of aromatic amines is 1. The molecule has 9 heteroatoms. The summed E-state index contributed by atoms with van der Waals surface area (Å²) in [5.74, 6) is -0.452. The highest BCUT2D eigenvalue weighted by Gasteiger charge is 2.47. The van der Waals surface area contributed by atoms with Crippen molar-refractivity contribution in [3.63, 3.8) is 0 Å². The van der Waals surface area contributed by atoms with Crippen molar-refractivity contribution in [3.8, 4) is 0 Å². The molecule has 1 fully saturated rings. The van der Waals surface area contributed by atoms with Gasteiger partial charge in [-0.2, -0.15) is 0 Å². The zero-order valence-electron chi connectivity index (χ0n) is 16.0. The topological polar surface area (TPSA) is 131 Å². The summed E-state index contributed by atoms with van der Waals surface area (Å²) in [5.41, 5.74) is -1.77. The summed E-state index contributed by atoms with van der Waals surface area (Å²) in [6, 6.07) is 8.57. The Kier molecular flexibility index (Phi) is 6.31. The number of carbonyl (C=O) groups excluding carboxylic acids is 1. The van der Waals surface area contributed by atoms with Crippen molar-refractivity contribution in [2.45, 2.75) is 44.1 Å². The molecule has 3 N–H and O–H groups in total. The van der Waals surface area contributed by atoms with Crippen LogP contribution in [0.3, 0.4) is 0 Å². The minimum atomic E-state index is -1.40. The van der Waals surface area contributed by atoms with Crippen LogP contribution in [0.25, 0.3) is 0 Å². The smallest absolute Gasteiger partial charge is 0.338 e. The third-order valence-corrected chi connectivity index (χ3v) is 5.07. The lowest BCUT2D eigenvalue weighted by molar-refractivity contribution is -0.0871. The first-order chi connectivity index (χ1) is 13.8. The number of esters is 1. The van der Waals surface area contributed by atoms with Gasteiger partial charge in [0.1, 0.15) is 12.3 Å². The number of rotatable bonds is 7. The summed E-state index contributed by atoms with van der Waals surface area (Å²) in [7, 11) is 0. The van der Waals surface area contributed by atoms with Crippen molar-refractivity contribution >= 4 is 5.97 Å². The fourth-order valence-corrected chi connectivity index (χ4v) is 3.44. The van der Waals surface area contributed by atoms with Crippen LogP contribution < -0.4 is 11.2 Å². The van der Waals surface area contributed by atoms with E-state index in [4.69, 9.17) is 9.47 Å². The second-order valence-corrected chi connectivity index (χ2v) is 7.15. The Morgan fingerprint density at radius 1 is 1.34 bits per heavy atom. The zero-order valence-corrected chi connectivity index (χ0v) is 16.0. The Labute approximate surface area is 166 Å². The number of aromatic nitrogens is 2. The molecule has 2 heterocycles. The number of aryl methyl sites for hydroxylation is 1. The number of nitrogens with zero attached hydrogens (tertiary/aromatic N) is 1. The molecule has 0 radical (unpaired) electrons. The van der Waals surface area contributed by atoms with Crippen molar-refractivity contribution < 1.29 is 24.5 Å². The van der Waals surface area contributed by atoms with Gasteiger partial charge in [0.2, 0.25) is 0 Å². The number of benzene rings is 1. The van der Waals surface area contributed by atoms with E-state index >= 15 is 0 Å². The van der Waals surface area contributed by atoms with Crippen molar-refractivity contribution in [1.29, 1.82) is 0 Å². The van der Waals surface area contributed by atoms with Crippen LogP contribution in [0.2, 0.25) is 0 Å². The van der Waals surface area contributed by atoms with Gasteiger partial charge >= 0.3 is 11.7 Å². The number of hydrogen-bond acceptors (Lipinski definition) is 7. The summed E-state index contributed by atoms with van der Waals surface area (Å²) in [6.07, 6.45) is 0.238. The molecule has 0 spiro atoms. The second-order valence-electron chi connectivity index (χ2n) is 7.15. The Morgan fingerprint density at radius 3 is 2.76 bits per heavy atom. The molecule has 0 bridgehead atoms. The van der Waals surface area contributed by atoms with Gasteiger partial charge in [-0.3, -0.25) is 14.3 Å². The monoisotopic (exact) mass is 404 g/mol. The number of nitrogens with one attached hydrogen (secondary N) is 1. The van der Waals surface area contributed by atoms with Gasteiger partial charge in [0, 0.05) is 18.2 Å². The number of H-pyrrole nitrogens is 1. The predicted octanol–water partition coefficient (Wildman–Crippen LogP) is 0.493. The van der Waals surface area contributed by atoms with E-state index in [2.05, 4.69) is 4.98 Å². The molecule has 1 aliphatic heterocycles. The first-order valence-electron chi connectivity index (χ1n) is 9.37. The van der Waals surface area contributed by atoms with Crippen molar-refractivity contribution in [2.24, 2.45) is 0 Å². The fourth-order valence-electron chi connectivity index (χ4n) is 3.44. The molecular formula is C20H24N2O7. The molecule has 1 aromatic heterocycles. The van der Waals surface area contributed by atoms with Gasteiger partial charge in [0.05, 0.1) is 24.4 Å². The average molecular weight is 404 g/mol. The maximum atomic E-state index is 12.1. The average Bonchev–Trinajstić information content (AvgIpc) is 3.05. The van der Waals surface area contributed by atoms with Crippen molar-refractivity contribution in [1.82, 2.24) is 9.55 Å². The van der Waals surface area contributed by atoms with Gasteiger partial charge in [-0.05, 0) is 31.9 Å². The molecule has 0 unspecified atom stereocenters. The van der Waals surface area contributed by atoms with Crippen LogP contribution in [0, 0.1) is 6.92 Å². The predicted molar refractivity (Wildman–Crippen MR) is 103 cm³/mol. The van der Waals surface area contributed by atoms with Gasteiger partial charge < -0.3 is 19.7 Å². The van der Waals surface area contributed by atoms with E-state index in [0.717, 1.165) is 0 Å². The van der Waals surface area contributed by atoms with Crippen LogP contribution >= 0.6 is 0 Å². The van der Waals surface area contributed by atoms with Gasteiger partial charge in [-0.1, -0.05) is 18.2 Å². The largest absolute Gasteiger partial charge is 0.462 e. The molecule has 3 rings (SSSR count). The number of aliphatic hydroxyl groups is 2. The molecule has 0 saturated carbocycles. The van der Waals surface area contributed by atoms with Gasteiger partial charge in [0.25, 0.3) is 5.56 Å². The SMILES string of the molecule is Cc1cn([C@H]2C[C@@](O)(CCCOC(=O)c3ccccc3)[C@@H](CO)O2)c(=O)[nH]c1=O. The highest BCUT2D eigenvalue weighted by Crippen LogP contribution is 2.39. The lowest BCUT2D eigenvalue weighted by Crippen LogP contribution is -2.40. The van der Waals surface area contributed by atoms with Crippen molar-refractivity contribution in [3.05, 3.63) is 68.5 Å². The normalized spacial score (nSPS) is 23.8. The van der Waals surface area contributed by atoms with E-state index in [9.17, 15) is 24.6 Å². The molecule has 1 aliphatic rings. The van der Waals surface area contributed by atoms with Gasteiger partial charge in [-0.25, -0.2) is 9.59 Å². The maximum Gasteiger partial charge on any atom is 0.338 e. The molecule has 0 aliphatic carbocycles. The van der Waals surface area contributed by atoms with Gasteiger partial charge in [-0.15, -0.1) is 0 Å². The lowest BCUT2D eigenvalue weighted by atomic mass is 9.90. The summed E-state index contributed by atoms with van der Waals surface area (Å²) in [5, 5.41) is 20.6. The summed E-state index contributed by atoms with van der Waals surface area (Å²) in [6.45, 7) is 1.21. The van der Waals surface area contributed by atoms with E-state index in [1.807, 2.05) is 0 Å². The summed E-state index contributed by atoms with van der Waals surface area (Å²) < 4.78 is 12.1. The quantitative estimate of drug-likeness (QED) is 0.452. The van der Waals surface area contributed by atoms with Crippen LogP contribution in [0.5, 0.6) is 0 Å². The molecular weight excluding hydrogens is 380 g/mol. The first-order valence-corrected chi connectivity index (χ1v) is 9.37. The minimum absolute atomic E-state index is 0.0518. The van der Waals surface area contributed by atoms with Crippen LogP contribution in [-0.4, -0.2) is 50.7 Å². The Balaban J connectivity index is 1.61. The Morgan fingerprint density at radius 2 is 2.07 bits per heavy atom. The summed E-state index contributed by atoms with van der Waals surface area (Å²) in [4.78, 5) is 37.8. The highest BCUT2D eigenvalue weighted by atomic mass is 16.5. The molecule has 1 saturated heterocycles. The lowest BCUT2D eigenvalue weighted by Gasteiger charge is -2.26. The number of carbonyl (C=O) groups is 1. The van der Waals surface area contributed by atoms with E-state index in [1.165, 1.54) is 10.8 Å². The molecule has 1 aromatic carbocycles. The fraction of sp³-hybridized carbons (Fsp3) is 0.450. The van der Waals surface area contributed by atoms with Gasteiger partial charge in [0.15, 0.2) is 0 Å². The Hall–Kier alpha value is -2.75. The van der Waals surface area contributed by atoms with Crippen molar-refractivity contribution in [2.75, 3.05) is 13.2 Å². The number of aliphatic hydroxyl groups excluding tert-OH is 1. The third-order valence-electron chi connectivity index (χ3n) is 5.07. The maximum absolute atomic E-state index is 12.1. The number of hydrogen-bond donors (Lipinski definition) is 3. The minimum Gasteiger partial charge on any atom is -0.462 e. The molecule has 156 valence electrons. The molecule has 2 aromatic rings. The number of ether oxygens (including phenoxy) is 2. The van der Waals surface area contributed by atoms with Crippen LogP contribution in [0.1, 0.15) is 41.4 Å². The molecule has 9 nitrogen and oxygen atoms in total. The van der Waals surface area contributed by atoms with E-state index in [-0.39, 0.29) is 19.4 Å². The van der Waals surface area contributed by atoms with E-state index < -0.39 is 41.8 Å². The molecule has 0 amide bonds. The van der Waals surface area contributed by atoms with Crippen LogP contribution in [0.15, 0.2) is 46.1 Å². The van der Waals surface area contributed by atoms with Crippen LogP contribution in [0.4, 0.5) is 0 Å².